The first-order valence-electron chi connectivity index (χ1n) is 15.6. The molecular formula is C30H62N4O2. The lowest BCUT2D eigenvalue weighted by atomic mass is 10.1. The predicted molar refractivity (Wildman–Crippen MR) is 155 cm³/mol. The molecule has 0 unspecified atom stereocenters. The molecule has 0 saturated heterocycles. The molecule has 0 aromatic carbocycles. The summed E-state index contributed by atoms with van der Waals surface area (Å²) >= 11 is 0. The summed E-state index contributed by atoms with van der Waals surface area (Å²) in [6.07, 6.45) is 24.1. The summed E-state index contributed by atoms with van der Waals surface area (Å²) in [6, 6.07) is 0. The molecule has 2 amide bonds. The van der Waals surface area contributed by atoms with E-state index < -0.39 is 0 Å². The number of nitrogens with one attached hydrogen (secondary N) is 2. The van der Waals surface area contributed by atoms with E-state index in [1.54, 1.807) is 0 Å². The maximum atomic E-state index is 12.1. The summed E-state index contributed by atoms with van der Waals surface area (Å²) in [4.78, 5) is 26.4. The number of unbranched alkanes of at least 4 members (excludes halogenated alkanes) is 16. The predicted octanol–water partition coefficient (Wildman–Crippen LogP) is 6.32. The van der Waals surface area contributed by atoms with Crippen molar-refractivity contribution in [1.82, 2.24) is 15.5 Å². The first-order chi connectivity index (χ1) is 17.6. The number of nitrogens with zero attached hydrogens (tertiary/aromatic N) is 1. The lowest BCUT2D eigenvalue weighted by Crippen LogP contribution is -2.41. The van der Waals surface area contributed by atoms with Crippen LogP contribution in [0, 0.1) is 0 Å². The van der Waals surface area contributed by atoms with E-state index in [0.29, 0.717) is 32.5 Å². The van der Waals surface area contributed by atoms with Crippen LogP contribution in [0.15, 0.2) is 0 Å². The topological polar surface area (TPSA) is 87.5 Å². The second-order valence-corrected chi connectivity index (χ2v) is 10.5. The van der Waals surface area contributed by atoms with Crippen LogP contribution < -0.4 is 16.4 Å². The molecule has 0 aliphatic heterocycles. The van der Waals surface area contributed by atoms with Gasteiger partial charge in [0.25, 0.3) is 0 Å². The average molecular weight is 511 g/mol. The Balaban J connectivity index is 3.67. The van der Waals surface area contributed by atoms with Gasteiger partial charge in [-0.15, -0.1) is 0 Å². The van der Waals surface area contributed by atoms with Crippen LogP contribution in [0.25, 0.3) is 0 Å². The molecule has 6 nitrogen and oxygen atoms in total. The van der Waals surface area contributed by atoms with Crippen LogP contribution in [-0.4, -0.2) is 56.0 Å². The first-order valence-corrected chi connectivity index (χ1v) is 15.6. The van der Waals surface area contributed by atoms with Gasteiger partial charge in [0.2, 0.25) is 11.8 Å². The zero-order valence-electron chi connectivity index (χ0n) is 24.2. The smallest absolute Gasteiger partial charge is 0.220 e. The Morgan fingerprint density at radius 3 is 1.19 bits per heavy atom. The van der Waals surface area contributed by atoms with Gasteiger partial charge in [0.1, 0.15) is 0 Å². The highest BCUT2D eigenvalue weighted by atomic mass is 16.2. The second-order valence-electron chi connectivity index (χ2n) is 10.5. The molecule has 0 atom stereocenters. The highest BCUT2D eigenvalue weighted by molar-refractivity contribution is 5.76. The third-order valence-corrected chi connectivity index (χ3v) is 6.96. The Morgan fingerprint density at radius 2 is 0.861 bits per heavy atom. The van der Waals surface area contributed by atoms with Crippen LogP contribution in [-0.2, 0) is 9.59 Å². The van der Waals surface area contributed by atoms with Gasteiger partial charge in [0.15, 0.2) is 0 Å². The highest BCUT2D eigenvalue weighted by Gasteiger charge is 2.07. The zero-order chi connectivity index (χ0) is 26.5. The Kier molecular flexibility index (Phi) is 27.5. The van der Waals surface area contributed by atoms with Gasteiger partial charge in [0.05, 0.1) is 0 Å². The van der Waals surface area contributed by atoms with E-state index >= 15 is 0 Å². The van der Waals surface area contributed by atoms with Gasteiger partial charge in [-0.2, -0.15) is 0 Å². The zero-order valence-corrected chi connectivity index (χ0v) is 24.2. The Bertz CT molecular complexity index is 448. The largest absolute Gasteiger partial charge is 0.355 e. The van der Waals surface area contributed by atoms with Crippen LogP contribution in [0.3, 0.4) is 0 Å². The molecule has 4 N–H and O–H groups in total. The molecule has 0 fully saturated rings. The second kappa shape index (κ2) is 28.4. The maximum absolute atomic E-state index is 12.1. The molecule has 214 valence electrons. The van der Waals surface area contributed by atoms with E-state index in [2.05, 4.69) is 29.4 Å². The molecule has 36 heavy (non-hydrogen) atoms. The number of hydrogen-bond acceptors (Lipinski definition) is 4. The molecule has 0 rings (SSSR count). The molecule has 6 heteroatoms. The molecule has 0 aliphatic carbocycles. The van der Waals surface area contributed by atoms with Crippen LogP contribution in [0.5, 0.6) is 0 Å². The average Bonchev–Trinajstić information content (AvgIpc) is 2.86. The fraction of sp³-hybridized carbons (Fsp3) is 0.933. The van der Waals surface area contributed by atoms with Crippen LogP contribution in [0.2, 0.25) is 0 Å². The normalized spacial score (nSPS) is 11.2. The monoisotopic (exact) mass is 510 g/mol. The van der Waals surface area contributed by atoms with E-state index in [9.17, 15) is 9.59 Å². The van der Waals surface area contributed by atoms with Crippen molar-refractivity contribution < 1.29 is 9.59 Å². The minimum Gasteiger partial charge on any atom is -0.355 e. The lowest BCUT2D eigenvalue weighted by molar-refractivity contribution is -0.121. The van der Waals surface area contributed by atoms with Crippen molar-refractivity contribution in [1.29, 1.82) is 0 Å². The third kappa shape index (κ3) is 25.9. The third-order valence-electron chi connectivity index (χ3n) is 6.96. The van der Waals surface area contributed by atoms with Crippen molar-refractivity contribution in [3.8, 4) is 0 Å². The molecule has 0 bridgehead atoms. The highest BCUT2D eigenvalue weighted by Crippen LogP contribution is 2.11. The molecule has 0 radical (unpaired) electrons. The summed E-state index contributed by atoms with van der Waals surface area (Å²) in [6.45, 7) is 8.69. The standard InChI is InChI=1S/C30H62N4O2/c1-3-5-7-9-11-13-15-17-19-21-29(35)32-24-27-34(26-23-31)28-25-33-30(36)22-20-18-16-14-12-10-8-6-4-2/h3-28,31H2,1-2H3,(H,32,35)(H,33,36). The maximum Gasteiger partial charge on any atom is 0.220 e. The molecular weight excluding hydrogens is 448 g/mol. The summed E-state index contributed by atoms with van der Waals surface area (Å²) in [7, 11) is 0. The Morgan fingerprint density at radius 1 is 0.528 bits per heavy atom. The van der Waals surface area contributed by atoms with E-state index in [4.69, 9.17) is 5.73 Å². The van der Waals surface area contributed by atoms with Crippen molar-refractivity contribution in [2.75, 3.05) is 39.3 Å². The van der Waals surface area contributed by atoms with E-state index in [-0.39, 0.29) is 11.8 Å². The van der Waals surface area contributed by atoms with Gasteiger partial charge >= 0.3 is 0 Å². The number of hydrogen-bond donors (Lipinski definition) is 3. The van der Waals surface area contributed by atoms with Crippen LogP contribution >= 0.6 is 0 Å². The van der Waals surface area contributed by atoms with E-state index in [0.717, 1.165) is 45.3 Å². The van der Waals surface area contributed by atoms with Gasteiger partial charge in [-0.25, -0.2) is 0 Å². The number of carbonyl (C=O) groups is 2. The minimum atomic E-state index is 0.153. The number of nitrogens with two attached hydrogens (primary N) is 1. The van der Waals surface area contributed by atoms with Gasteiger partial charge in [0, 0.05) is 52.1 Å². The molecule has 0 aliphatic rings. The summed E-state index contributed by atoms with van der Waals surface area (Å²) in [5.74, 6) is 0.305. The van der Waals surface area contributed by atoms with Gasteiger partial charge in [-0.3, -0.25) is 14.5 Å². The van der Waals surface area contributed by atoms with Crippen molar-refractivity contribution in [3.05, 3.63) is 0 Å². The lowest BCUT2D eigenvalue weighted by Gasteiger charge is -2.22. The molecule has 0 aromatic rings. The van der Waals surface area contributed by atoms with E-state index in [1.807, 2.05) is 0 Å². The number of carbonyl (C=O) groups excluding carboxylic acids is 2. The first kappa shape index (κ1) is 34.9. The number of amides is 2. The molecule has 0 aromatic heterocycles. The summed E-state index contributed by atoms with van der Waals surface area (Å²) in [5.41, 5.74) is 5.76. The van der Waals surface area contributed by atoms with Gasteiger partial charge < -0.3 is 16.4 Å². The SMILES string of the molecule is CCCCCCCCCCCC(=O)NCCN(CCN)CCNC(=O)CCCCCCCCCCC. The van der Waals surface area contributed by atoms with Crippen LogP contribution in [0.1, 0.15) is 142 Å². The number of rotatable bonds is 28. The van der Waals surface area contributed by atoms with E-state index in [1.165, 1.54) is 89.9 Å². The van der Waals surface area contributed by atoms with Gasteiger partial charge in [-0.1, -0.05) is 117 Å². The summed E-state index contributed by atoms with van der Waals surface area (Å²) in [5, 5.41) is 6.09. The van der Waals surface area contributed by atoms with Crippen LogP contribution in [0.4, 0.5) is 0 Å². The van der Waals surface area contributed by atoms with Crippen molar-refractivity contribution >= 4 is 11.8 Å². The summed E-state index contributed by atoms with van der Waals surface area (Å²) < 4.78 is 0. The molecule has 0 saturated carbocycles. The van der Waals surface area contributed by atoms with Gasteiger partial charge in [-0.05, 0) is 12.8 Å². The fourth-order valence-corrected chi connectivity index (χ4v) is 4.59. The Labute approximate surface area is 224 Å². The quantitative estimate of drug-likeness (QED) is 0.107. The fourth-order valence-electron chi connectivity index (χ4n) is 4.59. The Hall–Kier alpha value is -1.14. The molecule has 0 spiro atoms. The van der Waals surface area contributed by atoms with Crippen molar-refractivity contribution in [2.45, 2.75) is 142 Å². The molecule has 0 heterocycles. The van der Waals surface area contributed by atoms with Crippen molar-refractivity contribution in [3.63, 3.8) is 0 Å². The van der Waals surface area contributed by atoms with Crippen molar-refractivity contribution in [2.24, 2.45) is 5.73 Å². The minimum absolute atomic E-state index is 0.153.